The minimum absolute atomic E-state index is 0.0678. The molecular weight excluding hydrogens is 349 g/mol. The second kappa shape index (κ2) is 5.99. The Morgan fingerprint density at radius 2 is 1.96 bits per heavy atom. The Morgan fingerprint density at radius 3 is 2.50 bits per heavy atom. The molecule has 26 heavy (non-hydrogen) atoms. The largest absolute Gasteiger partial charge is 0.481 e. The Balaban J connectivity index is 1.63. The van der Waals surface area contributed by atoms with E-state index in [0.29, 0.717) is 31.7 Å². The van der Waals surface area contributed by atoms with Gasteiger partial charge in [0, 0.05) is 37.2 Å². The lowest BCUT2D eigenvalue weighted by molar-refractivity contribution is -0.142. The van der Waals surface area contributed by atoms with Gasteiger partial charge in [-0.2, -0.15) is 18.2 Å². The molecule has 6 nitrogen and oxygen atoms in total. The summed E-state index contributed by atoms with van der Waals surface area (Å²) in [5.41, 5.74) is -0.642. The number of alkyl halides is 3. The van der Waals surface area contributed by atoms with Gasteiger partial charge in [-0.25, -0.2) is 4.98 Å². The number of halogens is 3. The summed E-state index contributed by atoms with van der Waals surface area (Å²) in [5.74, 6) is -0.185. The van der Waals surface area contributed by atoms with Gasteiger partial charge < -0.3 is 14.9 Å². The minimum Gasteiger partial charge on any atom is -0.481 e. The fourth-order valence-corrected chi connectivity index (χ4v) is 4.17. The van der Waals surface area contributed by atoms with Crippen LogP contribution < -0.4 is 9.80 Å². The normalized spacial score (nSPS) is 27.8. The molecule has 2 fully saturated rings. The molecule has 0 aromatic carbocycles. The molecule has 2 aliphatic heterocycles. The predicted octanol–water partition coefficient (Wildman–Crippen LogP) is 2.71. The number of carbonyl (C=O) groups is 1. The highest BCUT2D eigenvalue weighted by atomic mass is 19.4. The van der Waals surface area contributed by atoms with Crippen LogP contribution >= 0.6 is 0 Å². The number of carboxylic acid groups (broad SMARTS) is 1. The van der Waals surface area contributed by atoms with E-state index in [0.717, 1.165) is 6.42 Å². The van der Waals surface area contributed by atoms with Crippen molar-refractivity contribution < 1.29 is 23.1 Å². The number of fused-ring (bicyclic) bond motifs is 1. The van der Waals surface area contributed by atoms with E-state index >= 15 is 0 Å². The van der Waals surface area contributed by atoms with E-state index in [4.69, 9.17) is 5.11 Å². The van der Waals surface area contributed by atoms with Crippen molar-refractivity contribution in [2.24, 2.45) is 5.92 Å². The number of carboxylic acids is 1. The van der Waals surface area contributed by atoms with E-state index in [9.17, 15) is 18.0 Å². The summed E-state index contributed by atoms with van der Waals surface area (Å²) < 4.78 is 40.6. The number of rotatable bonds is 4. The summed E-state index contributed by atoms with van der Waals surface area (Å²) >= 11 is 0. The molecular formula is C17H21F3N4O2. The number of hydrogen-bond donors (Lipinski definition) is 1. The molecule has 0 spiro atoms. The van der Waals surface area contributed by atoms with E-state index in [1.807, 2.05) is 11.8 Å². The van der Waals surface area contributed by atoms with Crippen molar-refractivity contribution in [3.05, 3.63) is 11.3 Å². The maximum absolute atomic E-state index is 13.5. The van der Waals surface area contributed by atoms with E-state index in [1.54, 1.807) is 4.90 Å². The van der Waals surface area contributed by atoms with Crippen molar-refractivity contribution in [1.29, 1.82) is 0 Å². The van der Waals surface area contributed by atoms with Gasteiger partial charge in [-0.3, -0.25) is 4.79 Å². The highest BCUT2D eigenvalue weighted by molar-refractivity contribution is 5.67. The van der Waals surface area contributed by atoms with Crippen LogP contribution in [-0.4, -0.2) is 46.2 Å². The van der Waals surface area contributed by atoms with Crippen LogP contribution in [0.1, 0.15) is 43.9 Å². The Morgan fingerprint density at radius 1 is 1.23 bits per heavy atom. The molecule has 1 aromatic rings. The van der Waals surface area contributed by atoms with Crippen LogP contribution in [0.3, 0.4) is 0 Å². The van der Waals surface area contributed by atoms with E-state index < -0.39 is 17.8 Å². The third kappa shape index (κ3) is 2.87. The minimum atomic E-state index is -4.50. The van der Waals surface area contributed by atoms with Crippen molar-refractivity contribution in [2.75, 3.05) is 22.9 Å². The monoisotopic (exact) mass is 370 g/mol. The molecule has 1 saturated carbocycles. The molecule has 1 saturated heterocycles. The van der Waals surface area contributed by atoms with Gasteiger partial charge in [-0.05, 0) is 38.5 Å². The Hall–Kier alpha value is -2.06. The molecule has 1 atom stereocenters. The fourth-order valence-electron chi connectivity index (χ4n) is 4.17. The summed E-state index contributed by atoms with van der Waals surface area (Å²) in [5, 5.41) is 8.88. The van der Waals surface area contributed by atoms with Crippen LogP contribution in [0.4, 0.5) is 24.9 Å². The zero-order chi connectivity index (χ0) is 18.6. The van der Waals surface area contributed by atoms with Gasteiger partial charge in [-0.1, -0.05) is 0 Å². The highest BCUT2D eigenvalue weighted by Crippen LogP contribution is 2.44. The smallest absolute Gasteiger partial charge is 0.433 e. The van der Waals surface area contributed by atoms with Gasteiger partial charge in [0.2, 0.25) is 5.95 Å². The number of aliphatic carboxylic acids is 1. The van der Waals surface area contributed by atoms with Crippen LogP contribution in [0.15, 0.2) is 0 Å². The summed E-state index contributed by atoms with van der Waals surface area (Å²) in [6, 6.07) is 0.214. The zero-order valence-corrected chi connectivity index (χ0v) is 14.5. The second-order valence-electron chi connectivity index (χ2n) is 7.54. The quantitative estimate of drug-likeness (QED) is 0.879. The molecule has 0 radical (unpaired) electrons. The summed E-state index contributed by atoms with van der Waals surface area (Å²) in [7, 11) is 0. The van der Waals surface area contributed by atoms with Gasteiger partial charge in [-0.15, -0.1) is 0 Å². The molecule has 0 amide bonds. The van der Waals surface area contributed by atoms with Gasteiger partial charge in [0.25, 0.3) is 0 Å². The molecule has 0 bridgehead atoms. The molecule has 9 heteroatoms. The predicted molar refractivity (Wildman–Crippen MR) is 88.3 cm³/mol. The number of anilines is 2. The van der Waals surface area contributed by atoms with Gasteiger partial charge in [0.05, 0.1) is 0 Å². The molecule has 1 aromatic heterocycles. The molecule has 142 valence electrons. The van der Waals surface area contributed by atoms with Crippen LogP contribution in [0.25, 0.3) is 0 Å². The van der Waals surface area contributed by atoms with Crippen molar-refractivity contribution in [1.82, 2.24) is 9.97 Å². The lowest BCUT2D eigenvalue weighted by Gasteiger charge is -2.42. The van der Waals surface area contributed by atoms with Crippen LogP contribution in [-0.2, 0) is 17.4 Å². The average Bonchev–Trinajstić information content (AvgIpc) is 2.90. The molecule has 1 N–H and O–H groups in total. The fraction of sp³-hybridized carbons (Fsp3) is 0.706. The maximum atomic E-state index is 13.5. The molecule has 0 unspecified atom stereocenters. The lowest BCUT2D eigenvalue weighted by atomic mass is 9.77. The Labute approximate surface area is 149 Å². The van der Waals surface area contributed by atoms with Crippen molar-refractivity contribution in [2.45, 2.75) is 57.3 Å². The number of aromatic nitrogens is 2. The average molecular weight is 370 g/mol. The van der Waals surface area contributed by atoms with Crippen molar-refractivity contribution >= 4 is 17.7 Å². The van der Waals surface area contributed by atoms with Crippen LogP contribution in [0, 0.1) is 5.92 Å². The summed E-state index contributed by atoms with van der Waals surface area (Å²) in [6.07, 6.45) is -1.81. The van der Waals surface area contributed by atoms with E-state index in [-0.39, 0.29) is 42.4 Å². The molecule has 1 aliphatic carbocycles. The topological polar surface area (TPSA) is 69.6 Å². The standard InChI is InChI=1S/C17H21F3N4O2/c1-9-2-4-23(9)16-21-14(17(18,19)20)12-3-5-24(15(12)22-16)11-6-10(7-11)8-13(25)26/h9-11H,2-8H2,1H3,(H,25,26)/t9-,10-,11-/m0/s1. The van der Waals surface area contributed by atoms with Crippen LogP contribution in [0.2, 0.25) is 0 Å². The highest BCUT2D eigenvalue weighted by Gasteiger charge is 2.44. The first-order valence-corrected chi connectivity index (χ1v) is 8.97. The maximum Gasteiger partial charge on any atom is 0.433 e. The van der Waals surface area contributed by atoms with Gasteiger partial charge in [0.1, 0.15) is 5.82 Å². The zero-order valence-electron chi connectivity index (χ0n) is 14.5. The SMILES string of the molecule is C[C@H]1CCN1c1nc2c(c(C(F)(F)F)n1)CCN2[C@H]1C[C@H](CC(=O)O)C1. The molecule has 3 aliphatic rings. The lowest BCUT2D eigenvalue weighted by Crippen LogP contribution is -2.47. The van der Waals surface area contributed by atoms with Gasteiger partial charge >= 0.3 is 12.1 Å². The summed E-state index contributed by atoms with van der Waals surface area (Å²) in [6.45, 7) is 3.10. The molecule has 3 heterocycles. The first-order valence-electron chi connectivity index (χ1n) is 8.97. The Bertz CT molecular complexity index is 733. The number of hydrogen-bond acceptors (Lipinski definition) is 5. The third-order valence-corrected chi connectivity index (χ3v) is 5.81. The van der Waals surface area contributed by atoms with E-state index in [2.05, 4.69) is 9.97 Å². The third-order valence-electron chi connectivity index (χ3n) is 5.81. The van der Waals surface area contributed by atoms with Crippen molar-refractivity contribution in [3.8, 4) is 0 Å². The first kappa shape index (κ1) is 17.4. The summed E-state index contributed by atoms with van der Waals surface area (Å²) in [4.78, 5) is 22.9. The second-order valence-corrected chi connectivity index (χ2v) is 7.54. The van der Waals surface area contributed by atoms with Gasteiger partial charge in [0.15, 0.2) is 5.69 Å². The Kier molecular flexibility index (Phi) is 4.00. The van der Waals surface area contributed by atoms with E-state index in [1.165, 1.54) is 0 Å². The molecule has 4 rings (SSSR count). The van der Waals surface area contributed by atoms with Crippen LogP contribution in [0.5, 0.6) is 0 Å². The first-order chi connectivity index (χ1) is 12.2. The van der Waals surface area contributed by atoms with Crippen molar-refractivity contribution in [3.63, 3.8) is 0 Å². The number of nitrogens with zero attached hydrogens (tertiary/aromatic N) is 4.